The van der Waals surface area contributed by atoms with E-state index in [1.165, 1.54) is 12.8 Å². The van der Waals surface area contributed by atoms with Crippen LogP contribution in [0.1, 0.15) is 19.8 Å². The summed E-state index contributed by atoms with van der Waals surface area (Å²) >= 11 is -0.348. The van der Waals surface area contributed by atoms with Gasteiger partial charge in [-0.2, -0.15) is 0 Å². The Hall–Kier alpha value is 0.133. The molecule has 0 bridgehead atoms. The zero-order chi connectivity index (χ0) is 8.39. The first kappa shape index (κ1) is 11.2. The molecule has 0 saturated carbocycles. The van der Waals surface area contributed by atoms with Crippen molar-refractivity contribution in [2.24, 2.45) is 0 Å². The van der Waals surface area contributed by atoms with E-state index in [1.807, 2.05) is 0 Å². The summed E-state index contributed by atoms with van der Waals surface area (Å²) in [6.45, 7) is 2.25. The largest absolute Gasteiger partial charge is 0.147 e. The molecule has 0 atom stereocenters. The summed E-state index contributed by atoms with van der Waals surface area (Å²) in [4.78, 5) is 0. The fraction of sp³-hybridized carbons (Fsp3) is 0.273. The molecule has 0 spiro atoms. The van der Waals surface area contributed by atoms with Crippen molar-refractivity contribution < 1.29 is 23.2 Å². The summed E-state index contributed by atoms with van der Waals surface area (Å²) in [6, 6.07) is 0. The van der Waals surface area contributed by atoms with Crippen molar-refractivity contribution in [3.05, 3.63) is 42.5 Å². The van der Waals surface area contributed by atoms with Gasteiger partial charge >= 0.3 is 85.5 Å². The van der Waals surface area contributed by atoms with E-state index in [4.69, 9.17) is 0 Å². The molecule has 0 aliphatic heterocycles. The monoisotopic (exact) mass is 270 g/mol. The Morgan fingerprint density at radius 1 is 1.23 bits per heavy atom. The Bertz CT molecular complexity index is 308. The van der Waals surface area contributed by atoms with E-state index >= 15 is 0 Å². The van der Waals surface area contributed by atoms with Crippen LogP contribution in [0.25, 0.3) is 0 Å². The Morgan fingerprint density at radius 3 is 2.62 bits per heavy atom. The maximum atomic E-state index is 2.32. The van der Waals surface area contributed by atoms with E-state index in [2.05, 4.69) is 37.3 Å². The molecule has 0 fully saturated rings. The van der Waals surface area contributed by atoms with Crippen molar-refractivity contribution in [3.8, 4) is 0 Å². The Labute approximate surface area is 97.5 Å². The van der Waals surface area contributed by atoms with E-state index in [0.29, 0.717) is 0 Å². The first-order valence-corrected chi connectivity index (χ1v) is 6.81. The summed E-state index contributed by atoms with van der Waals surface area (Å²) in [5, 5.41) is 0. The summed E-state index contributed by atoms with van der Waals surface area (Å²) in [5.74, 6) is 0. The average Bonchev–Trinajstić information content (AvgIpc) is 2.65. The van der Waals surface area contributed by atoms with Gasteiger partial charge in [0.2, 0.25) is 0 Å². The molecule has 0 unspecified atom stereocenters. The van der Waals surface area contributed by atoms with Crippen LogP contribution in [-0.2, 0) is 23.2 Å². The molecule has 2 heteroatoms. The Kier molecular flexibility index (Phi) is 4.42. The Morgan fingerprint density at radius 2 is 2.08 bits per heavy atom. The fourth-order valence-electron chi connectivity index (χ4n) is 1.50. The molecule has 0 aromatic carbocycles. The number of rotatable bonds is 2. The summed E-state index contributed by atoms with van der Waals surface area (Å²) < 4.78 is 3.50. The van der Waals surface area contributed by atoms with Crippen molar-refractivity contribution in [2.75, 3.05) is 0 Å². The van der Waals surface area contributed by atoms with E-state index < -0.39 is 0 Å². The van der Waals surface area contributed by atoms with Crippen LogP contribution in [0.5, 0.6) is 0 Å². The first-order chi connectivity index (χ1) is 5.86. The van der Waals surface area contributed by atoms with Crippen LogP contribution in [0.15, 0.2) is 42.5 Å². The van der Waals surface area contributed by atoms with Gasteiger partial charge in [0.1, 0.15) is 0 Å². The molecule has 2 aliphatic rings. The molecule has 2 aliphatic carbocycles. The van der Waals surface area contributed by atoms with Crippen LogP contribution >= 0.6 is 12.4 Å². The van der Waals surface area contributed by atoms with Gasteiger partial charge in [0.25, 0.3) is 0 Å². The summed E-state index contributed by atoms with van der Waals surface area (Å²) in [5.41, 5.74) is 1.55. The van der Waals surface area contributed by atoms with Gasteiger partial charge < -0.3 is 0 Å². The number of halogens is 1. The van der Waals surface area contributed by atoms with Crippen molar-refractivity contribution >= 4 is 12.4 Å². The molecule has 68 valence electrons. The van der Waals surface area contributed by atoms with Gasteiger partial charge in [0.05, 0.1) is 0 Å². The molecule has 0 N–H and O–H groups in total. The predicted octanol–water partition coefficient (Wildman–Crippen LogP) is 3.57. The second kappa shape index (κ2) is 5.12. The standard InChI is InChI=1S/C6H7.C5H5.ClH.Zr/c1-6-4-2-3-5-6;1-2-4-5-3-1;;/h2,4H,3H2,1H3;1-3H,4H2;1H;. The van der Waals surface area contributed by atoms with Gasteiger partial charge in [-0.1, -0.05) is 0 Å². The van der Waals surface area contributed by atoms with Crippen molar-refractivity contribution in [1.29, 1.82) is 0 Å². The van der Waals surface area contributed by atoms with Crippen LogP contribution in [-0.4, -0.2) is 0 Å². The van der Waals surface area contributed by atoms with E-state index in [1.54, 1.807) is 12.1 Å². The van der Waals surface area contributed by atoms with Crippen molar-refractivity contribution in [3.63, 3.8) is 0 Å². The SMILES string of the molecule is CC1=[C]([Zr][C]2=CC=CC2)CC=C1.Cl. The van der Waals surface area contributed by atoms with Gasteiger partial charge in [0.15, 0.2) is 0 Å². The van der Waals surface area contributed by atoms with Gasteiger partial charge in [-0.3, -0.25) is 0 Å². The molecule has 0 saturated heterocycles. The quantitative estimate of drug-likeness (QED) is 0.720. The van der Waals surface area contributed by atoms with Crippen LogP contribution < -0.4 is 0 Å². The summed E-state index contributed by atoms with van der Waals surface area (Å²) in [6.07, 6.45) is 13.9. The van der Waals surface area contributed by atoms with Crippen LogP contribution in [0.3, 0.4) is 0 Å². The normalized spacial score (nSPS) is 19.0. The third kappa shape index (κ3) is 2.79. The van der Waals surface area contributed by atoms with Gasteiger partial charge in [0, 0.05) is 0 Å². The molecule has 0 heterocycles. The van der Waals surface area contributed by atoms with Gasteiger partial charge in [-0.25, -0.2) is 0 Å². The maximum Gasteiger partial charge on any atom is -0.147 e. The van der Waals surface area contributed by atoms with E-state index in [9.17, 15) is 0 Å². The molecular formula is C11H13ClZr. The molecule has 0 aromatic rings. The fourth-order valence-corrected chi connectivity index (χ4v) is 4.66. The average molecular weight is 272 g/mol. The van der Waals surface area contributed by atoms with Crippen LogP contribution in [0.2, 0.25) is 0 Å². The zero-order valence-electron chi connectivity index (χ0n) is 7.71. The molecular weight excluding hydrogens is 259 g/mol. The van der Waals surface area contributed by atoms with Crippen molar-refractivity contribution in [2.45, 2.75) is 19.8 Å². The zero-order valence-corrected chi connectivity index (χ0v) is 11.0. The minimum atomic E-state index is -0.348. The predicted molar refractivity (Wildman–Crippen MR) is 55.5 cm³/mol. The number of hydrogen-bond donors (Lipinski definition) is 0. The minimum absolute atomic E-state index is 0. The second-order valence-electron chi connectivity index (χ2n) is 3.22. The molecule has 13 heavy (non-hydrogen) atoms. The topological polar surface area (TPSA) is 0 Å². The third-order valence-corrected chi connectivity index (χ3v) is 6.16. The third-order valence-electron chi connectivity index (χ3n) is 2.25. The molecule has 0 radical (unpaired) electrons. The van der Waals surface area contributed by atoms with Crippen LogP contribution in [0, 0.1) is 0 Å². The van der Waals surface area contributed by atoms with Crippen LogP contribution in [0.4, 0.5) is 0 Å². The smallest absolute Gasteiger partial charge is 0.147 e. The minimum Gasteiger partial charge on any atom is -0.147 e. The van der Waals surface area contributed by atoms with Gasteiger partial charge in [-0.15, -0.1) is 12.4 Å². The second-order valence-corrected chi connectivity index (χ2v) is 6.89. The summed E-state index contributed by atoms with van der Waals surface area (Å²) in [7, 11) is 0. The molecule has 2 rings (SSSR count). The van der Waals surface area contributed by atoms with Gasteiger partial charge in [-0.05, 0) is 0 Å². The maximum absolute atomic E-state index is 2.32. The molecule has 0 nitrogen and oxygen atoms in total. The number of hydrogen-bond acceptors (Lipinski definition) is 0. The molecule has 0 aromatic heterocycles. The molecule has 0 amide bonds. The first-order valence-electron chi connectivity index (χ1n) is 4.35. The van der Waals surface area contributed by atoms with E-state index in [0.717, 1.165) is 0 Å². The van der Waals surface area contributed by atoms with Crippen molar-refractivity contribution in [1.82, 2.24) is 0 Å². The van der Waals surface area contributed by atoms with E-state index in [-0.39, 0.29) is 35.6 Å². The Balaban J connectivity index is 0.000000845. The number of allylic oxidation sites excluding steroid dienone is 8.